The van der Waals surface area contributed by atoms with Crippen LogP contribution in [0.4, 0.5) is 0 Å². The minimum atomic E-state index is -0.0443. The lowest BCUT2D eigenvalue weighted by atomic mass is 9.73. The zero-order chi connectivity index (χ0) is 11.6. The molecule has 16 heavy (non-hydrogen) atoms. The van der Waals surface area contributed by atoms with Crippen LogP contribution >= 0.6 is 0 Å². The van der Waals surface area contributed by atoms with E-state index in [4.69, 9.17) is 9.31 Å². The lowest BCUT2D eigenvalue weighted by Gasteiger charge is -2.22. The van der Waals surface area contributed by atoms with Crippen molar-refractivity contribution in [1.29, 1.82) is 0 Å². The topological polar surface area (TPSA) is 18.5 Å². The highest BCUT2D eigenvalue weighted by Gasteiger charge is 2.25. The highest BCUT2D eigenvalue weighted by Crippen LogP contribution is 2.17. The largest absolute Gasteiger partial charge is 0.489 e. The van der Waals surface area contributed by atoms with E-state index in [9.17, 15) is 0 Å². The lowest BCUT2D eigenvalue weighted by molar-refractivity contribution is 0.139. The molecule has 1 heterocycles. The van der Waals surface area contributed by atoms with Gasteiger partial charge in [0.15, 0.2) is 0 Å². The van der Waals surface area contributed by atoms with Crippen LogP contribution in [0.25, 0.3) is 0 Å². The van der Waals surface area contributed by atoms with E-state index < -0.39 is 0 Å². The van der Waals surface area contributed by atoms with Crippen LogP contribution in [0.3, 0.4) is 0 Å². The molecule has 0 bridgehead atoms. The van der Waals surface area contributed by atoms with E-state index in [1.165, 1.54) is 37.6 Å². The molecule has 0 unspecified atom stereocenters. The van der Waals surface area contributed by atoms with Crippen LogP contribution in [-0.4, -0.2) is 20.3 Å². The summed E-state index contributed by atoms with van der Waals surface area (Å²) in [6, 6.07) is 0. The van der Waals surface area contributed by atoms with E-state index in [0.717, 1.165) is 26.1 Å². The zero-order valence-electron chi connectivity index (χ0n) is 10.8. The zero-order valence-corrected chi connectivity index (χ0v) is 10.8. The average molecular weight is 224 g/mol. The molecule has 0 aliphatic carbocycles. The van der Waals surface area contributed by atoms with E-state index in [-0.39, 0.29) is 7.12 Å². The molecule has 0 amide bonds. The van der Waals surface area contributed by atoms with Crippen molar-refractivity contribution in [3.8, 4) is 0 Å². The molecule has 0 aromatic heterocycles. The fraction of sp³-hybridized carbons (Fsp3) is 0.846. The average Bonchev–Trinajstić information content (AvgIpc) is 2.35. The molecular weight excluding hydrogens is 199 g/mol. The SMILES string of the molecule is CCCC/C=C(/CCCC)B1OCCCO1. The Bertz CT molecular complexity index is 198. The van der Waals surface area contributed by atoms with Crippen LogP contribution < -0.4 is 0 Å². The second kappa shape index (κ2) is 8.83. The molecule has 1 saturated heterocycles. The predicted molar refractivity (Wildman–Crippen MR) is 69.4 cm³/mol. The van der Waals surface area contributed by atoms with Gasteiger partial charge in [-0.2, -0.15) is 0 Å². The third-order valence-corrected chi connectivity index (χ3v) is 2.91. The molecule has 1 fully saturated rings. The second-order valence-corrected chi connectivity index (χ2v) is 4.45. The number of hydrogen-bond acceptors (Lipinski definition) is 2. The Morgan fingerprint density at radius 2 is 1.81 bits per heavy atom. The Hall–Kier alpha value is -0.275. The van der Waals surface area contributed by atoms with Gasteiger partial charge in [-0.3, -0.25) is 0 Å². The minimum Gasteiger partial charge on any atom is -0.407 e. The van der Waals surface area contributed by atoms with Gasteiger partial charge in [-0.1, -0.05) is 45.6 Å². The molecule has 92 valence electrons. The third-order valence-electron chi connectivity index (χ3n) is 2.91. The maximum Gasteiger partial charge on any atom is 0.489 e. The fourth-order valence-corrected chi connectivity index (χ4v) is 1.89. The van der Waals surface area contributed by atoms with Gasteiger partial charge in [0.25, 0.3) is 0 Å². The van der Waals surface area contributed by atoms with Crippen molar-refractivity contribution in [2.75, 3.05) is 13.2 Å². The van der Waals surface area contributed by atoms with Crippen molar-refractivity contribution >= 4 is 7.12 Å². The number of allylic oxidation sites excluding steroid dienone is 2. The van der Waals surface area contributed by atoms with Crippen LogP contribution in [0.1, 0.15) is 58.8 Å². The van der Waals surface area contributed by atoms with Gasteiger partial charge >= 0.3 is 7.12 Å². The van der Waals surface area contributed by atoms with Crippen molar-refractivity contribution in [3.05, 3.63) is 11.5 Å². The predicted octanol–water partition coefficient (Wildman–Crippen LogP) is 3.76. The van der Waals surface area contributed by atoms with E-state index in [0.29, 0.717) is 0 Å². The number of hydrogen-bond donors (Lipinski definition) is 0. The van der Waals surface area contributed by atoms with Gasteiger partial charge in [-0.15, -0.1) is 0 Å². The van der Waals surface area contributed by atoms with Crippen LogP contribution in [0.2, 0.25) is 0 Å². The van der Waals surface area contributed by atoms with Gasteiger partial charge in [-0.05, 0) is 24.7 Å². The molecule has 0 radical (unpaired) electrons. The number of unbranched alkanes of at least 4 members (excludes halogenated alkanes) is 3. The molecule has 1 aliphatic rings. The molecule has 1 aliphatic heterocycles. The summed E-state index contributed by atoms with van der Waals surface area (Å²) >= 11 is 0. The van der Waals surface area contributed by atoms with Crippen molar-refractivity contribution in [2.24, 2.45) is 0 Å². The molecule has 3 heteroatoms. The van der Waals surface area contributed by atoms with E-state index in [1.54, 1.807) is 0 Å². The Morgan fingerprint density at radius 3 is 2.44 bits per heavy atom. The molecule has 0 saturated carbocycles. The van der Waals surface area contributed by atoms with Crippen molar-refractivity contribution in [1.82, 2.24) is 0 Å². The Morgan fingerprint density at radius 1 is 1.12 bits per heavy atom. The van der Waals surface area contributed by atoms with Gasteiger partial charge in [-0.25, -0.2) is 0 Å². The smallest absolute Gasteiger partial charge is 0.407 e. The third kappa shape index (κ3) is 5.17. The molecular formula is C13H25BO2. The maximum atomic E-state index is 5.68. The van der Waals surface area contributed by atoms with Crippen LogP contribution in [-0.2, 0) is 9.31 Å². The highest BCUT2D eigenvalue weighted by atomic mass is 16.6. The first-order chi connectivity index (χ1) is 7.88. The van der Waals surface area contributed by atoms with E-state index in [2.05, 4.69) is 19.9 Å². The quantitative estimate of drug-likeness (QED) is 0.484. The van der Waals surface area contributed by atoms with E-state index in [1.807, 2.05) is 0 Å². The molecule has 2 nitrogen and oxygen atoms in total. The summed E-state index contributed by atoms with van der Waals surface area (Å²) in [6.45, 7) is 6.16. The Kier molecular flexibility index (Phi) is 7.61. The molecule has 0 spiro atoms. The van der Waals surface area contributed by atoms with Gasteiger partial charge in [0, 0.05) is 13.2 Å². The fourth-order valence-electron chi connectivity index (χ4n) is 1.89. The summed E-state index contributed by atoms with van der Waals surface area (Å²) in [6.07, 6.45) is 10.7. The Labute approximate surface area is 101 Å². The van der Waals surface area contributed by atoms with Crippen molar-refractivity contribution in [3.63, 3.8) is 0 Å². The normalized spacial score (nSPS) is 17.9. The summed E-state index contributed by atoms with van der Waals surface area (Å²) < 4.78 is 11.4. The summed E-state index contributed by atoms with van der Waals surface area (Å²) in [4.78, 5) is 0. The molecule has 0 aromatic carbocycles. The summed E-state index contributed by atoms with van der Waals surface area (Å²) in [5.41, 5.74) is 1.37. The molecule has 1 rings (SSSR count). The van der Waals surface area contributed by atoms with Crippen LogP contribution in [0.5, 0.6) is 0 Å². The summed E-state index contributed by atoms with van der Waals surface area (Å²) in [7, 11) is -0.0443. The van der Waals surface area contributed by atoms with Gasteiger partial charge < -0.3 is 9.31 Å². The van der Waals surface area contributed by atoms with Gasteiger partial charge in [0.2, 0.25) is 0 Å². The molecule has 0 atom stereocenters. The van der Waals surface area contributed by atoms with Crippen LogP contribution in [0, 0.1) is 0 Å². The Balaban J connectivity index is 2.43. The van der Waals surface area contributed by atoms with Crippen LogP contribution in [0.15, 0.2) is 11.5 Å². The first kappa shape index (κ1) is 13.8. The molecule has 0 aromatic rings. The highest BCUT2D eigenvalue weighted by molar-refractivity contribution is 6.53. The van der Waals surface area contributed by atoms with E-state index >= 15 is 0 Å². The van der Waals surface area contributed by atoms with Gasteiger partial charge in [0.1, 0.15) is 0 Å². The summed E-state index contributed by atoms with van der Waals surface area (Å²) in [5.74, 6) is 0. The van der Waals surface area contributed by atoms with Crippen molar-refractivity contribution < 1.29 is 9.31 Å². The van der Waals surface area contributed by atoms with Gasteiger partial charge in [0.05, 0.1) is 0 Å². The lowest BCUT2D eigenvalue weighted by Crippen LogP contribution is -2.32. The first-order valence-electron chi connectivity index (χ1n) is 6.80. The number of rotatable bonds is 7. The maximum absolute atomic E-state index is 5.68. The monoisotopic (exact) mass is 224 g/mol. The first-order valence-corrected chi connectivity index (χ1v) is 6.80. The standard InChI is InChI=1S/C13H25BO2/c1-3-5-7-10-13(9-6-4-2)14-15-11-8-12-16-14/h10H,3-9,11-12H2,1-2H3/b13-10-. The summed E-state index contributed by atoms with van der Waals surface area (Å²) in [5, 5.41) is 0. The van der Waals surface area contributed by atoms with Crippen molar-refractivity contribution in [2.45, 2.75) is 58.8 Å². The minimum absolute atomic E-state index is 0.0443. The molecule has 0 N–H and O–H groups in total. The second-order valence-electron chi connectivity index (χ2n) is 4.45.